The molecule has 5 nitrogen and oxygen atoms in total. The number of ether oxygens (including phenoxy) is 1. The first kappa shape index (κ1) is 10.6. The van der Waals surface area contributed by atoms with E-state index in [1.54, 1.807) is 6.92 Å². The first-order chi connectivity index (χ1) is 7.24. The fourth-order valence-electron chi connectivity index (χ4n) is 1.92. The van der Waals surface area contributed by atoms with Crippen molar-refractivity contribution in [2.24, 2.45) is 5.73 Å². The number of rotatable bonds is 3. The van der Waals surface area contributed by atoms with Gasteiger partial charge in [-0.3, -0.25) is 0 Å². The highest BCUT2D eigenvalue weighted by atomic mass is 16.5. The summed E-state index contributed by atoms with van der Waals surface area (Å²) in [6.45, 7) is 2.20. The van der Waals surface area contributed by atoms with Crippen molar-refractivity contribution in [2.75, 3.05) is 0 Å². The summed E-state index contributed by atoms with van der Waals surface area (Å²) in [5.74, 6) is 1.19. The van der Waals surface area contributed by atoms with Crippen molar-refractivity contribution in [2.45, 2.75) is 51.4 Å². The Balaban J connectivity index is 1.77. The molecule has 1 aliphatic rings. The van der Waals surface area contributed by atoms with Gasteiger partial charge in [0, 0.05) is 13.0 Å². The van der Waals surface area contributed by atoms with Gasteiger partial charge in [0.15, 0.2) is 5.82 Å². The van der Waals surface area contributed by atoms with Crippen molar-refractivity contribution in [3.63, 3.8) is 0 Å². The van der Waals surface area contributed by atoms with Gasteiger partial charge in [-0.15, -0.1) is 0 Å². The van der Waals surface area contributed by atoms with Crippen LogP contribution in [-0.2, 0) is 11.3 Å². The molecule has 0 spiro atoms. The molecule has 2 N–H and O–H groups in total. The van der Waals surface area contributed by atoms with E-state index in [1.165, 1.54) is 0 Å². The molecule has 1 aromatic heterocycles. The molecule has 1 fully saturated rings. The van der Waals surface area contributed by atoms with Crippen LogP contribution in [-0.4, -0.2) is 22.3 Å². The van der Waals surface area contributed by atoms with Crippen LogP contribution in [0.2, 0.25) is 0 Å². The molecule has 1 aliphatic carbocycles. The van der Waals surface area contributed by atoms with Gasteiger partial charge < -0.3 is 15.0 Å². The van der Waals surface area contributed by atoms with Crippen LogP contribution in [0.4, 0.5) is 0 Å². The summed E-state index contributed by atoms with van der Waals surface area (Å²) in [4.78, 5) is 4.08. The van der Waals surface area contributed by atoms with Gasteiger partial charge in [0.2, 0.25) is 5.89 Å². The van der Waals surface area contributed by atoms with E-state index in [0.717, 1.165) is 25.7 Å². The second kappa shape index (κ2) is 4.72. The lowest BCUT2D eigenvalue weighted by atomic mass is 9.94. The summed E-state index contributed by atoms with van der Waals surface area (Å²) in [6, 6.07) is 0.288. The maximum atomic E-state index is 5.87. The van der Waals surface area contributed by atoms with E-state index in [1.807, 2.05) is 0 Å². The number of hydrogen-bond donors (Lipinski definition) is 1. The van der Waals surface area contributed by atoms with Crippen LogP contribution in [0.1, 0.15) is 37.4 Å². The van der Waals surface area contributed by atoms with Crippen LogP contribution in [0.3, 0.4) is 0 Å². The molecule has 15 heavy (non-hydrogen) atoms. The zero-order chi connectivity index (χ0) is 10.7. The van der Waals surface area contributed by atoms with E-state index in [0.29, 0.717) is 18.3 Å². The Morgan fingerprint density at radius 1 is 1.53 bits per heavy atom. The first-order valence-electron chi connectivity index (χ1n) is 5.40. The molecular weight excluding hydrogens is 194 g/mol. The predicted molar refractivity (Wildman–Crippen MR) is 54.1 cm³/mol. The average molecular weight is 211 g/mol. The molecule has 0 saturated heterocycles. The van der Waals surface area contributed by atoms with E-state index >= 15 is 0 Å². The molecule has 0 bridgehead atoms. The summed E-state index contributed by atoms with van der Waals surface area (Å²) < 4.78 is 10.5. The third-order valence-electron chi connectivity index (χ3n) is 2.68. The summed E-state index contributed by atoms with van der Waals surface area (Å²) in [5.41, 5.74) is 5.87. The van der Waals surface area contributed by atoms with Crippen molar-refractivity contribution in [1.29, 1.82) is 0 Å². The Hall–Kier alpha value is -0.940. The fraction of sp³-hybridized carbons (Fsp3) is 0.800. The number of nitrogens with zero attached hydrogens (tertiary/aromatic N) is 2. The van der Waals surface area contributed by atoms with Gasteiger partial charge in [-0.2, -0.15) is 4.98 Å². The van der Waals surface area contributed by atoms with Gasteiger partial charge in [-0.05, 0) is 25.7 Å². The summed E-state index contributed by atoms with van der Waals surface area (Å²) in [5, 5.41) is 3.78. The molecule has 1 aromatic rings. The summed E-state index contributed by atoms with van der Waals surface area (Å²) in [7, 11) is 0. The molecule has 0 radical (unpaired) electrons. The van der Waals surface area contributed by atoms with Crippen LogP contribution < -0.4 is 5.73 Å². The molecule has 1 saturated carbocycles. The Morgan fingerprint density at radius 3 is 3.07 bits per heavy atom. The normalized spacial score (nSPS) is 26.8. The van der Waals surface area contributed by atoms with Crippen molar-refractivity contribution < 1.29 is 9.26 Å². The minimum atomic E-state index is 0.257. The van der Waals surface area contributed by atoms with Gasteiger partial charge in [0.25, 0.3) is 0 Å². The van der Waals surface area contributed by atoms with E-state index in [9.17, 15) is 0 Å². The number of nitrogens with two attached hydrogens (primary N) is 1. The topological polar surface area (TPSA) is 74.2 Å². The van der Waals surface area contributed by atoms with Crippen molar-refractivity contribution in [3.05, 3.63) is 11.7 Å². The highest BCUT2D eigenvalue weighted by molar-refractivity contribution is 4.82. The molecule has 2 atom stereocenters. The number of aromatic nitrogens is 2. The molecule has 2 rings (SSSR count). The maximum absolute atomic E-state index is 5.87. The quantitative estimate of drug-likeness (QED) is 0.812. The summed E-state index contributed by atoms with van der Waals surface area (Å²) in [6.07, 6.45) is 4.55. The molecule has 84 valence electrons. The predicted octanol–water partition coefficient (Wildman–Crippen LogP) is 1.16. The van der Waals surface area contributed by atoms with Crippen molar-refractivity contribution in [3.8, 4) is 0 Å². The monoisotopic (exact) mass is 211 g/mol. The van der Waals surface area contributed by atoms with E-state index in [2.05, 4.69) is 10.1 Å². The molecule has 0 aromatic carbocycles. The molecule has 5 heteroatoms. The average Bonchev–Trinajstić information content (AvgIpc) is 2.62. The van der Waals surface area contributed by atoms with Crippen molar-refractivity contribution >= 4 is 0 Å². The zero-order valence-corrected chi connectivity index (χ0v) is 8.98. The highest BCUT2D eigenvalue weighted by Crippen LogP contribution is 2.20. The first-order valence-corrected chi connectivity index (χ1v) is 5.40. The molecule has 0 aliphatic heterocycles. The second-order valence-corrected chi connectivity index (χ2v) is 4.09. The maximum Gasteiger partial charge on any atom is 0.223 e. The molecule has 1 heterocycles. The lowest BCUT2D eigenvalue weighted by Crippen LogP contribution is -2.32. The van der Waals surface area contributed by atoms with Crippen LogP contribution in [0.5, 0.6) is 0 Å². The standard InChI is InChI=1S/C10H17N3O2/c1-7-12-10(13-15-7)6-14-9-4-2-3-8(11)5-9/h8-9H,2-6,11H2,1H3. The summed E-state index contributed by atoms with van der Waals surface area (Å²) >= 11 is 0. The highest BCUT2D eigenvalue weighted by Gasteiger charge is 2.20. The Bertz CT molecular complexity index is 313. The Kier molecular flexibility index (Phi) is 3.33. The molecular formula is C10H17N3O2. The Labute approximate surface area is 89.0 Å². The van der Waals surface area contributed by atoms with E-state index in [4.69, 9.17) is 15.0 Å². The zero-order valence-electron chi connectivity index (χ0n) is 8.98. The lowest BCUT2D eigenvalue weighted by molar-refractivity contribution is 0.00830. The van der Waals surface area contributed by atoms with Gasteiger partial charge in [-0.1, -0.05) is 5.16 Å². The largest absolute Gasteiger partial charge is 0.370 e. The fourth-order valence-corrected chi connectivity index (χ4v) is 1.92. The van der Waals surface area contributed by atoms with E-state index < -0.39 is 0 Å². The number of aryl methyl sites for hydroxylation is 1. The van der Waals surface area contributed by atoms with Crippen LogP contribution >= 0.6 is 0 Å². The van der Waals surface area contributed by atoms with Gasteiger partial charge >= 0.3 is 0 Å². The van der Waals surface area contributed by atoms with Crippen LogP contribution in [0.25, 0.3) is 0 Å². The SMILES string of the molecule is Cc1nc(COC2CCCC(N)C2)no1. The smallest absolute Gasteiger partial charge is 0.223 e. The van der Waals surface area contributed by atoms with Crippen molar-refractivity contribution in [1.82, 2.24) is 10.1 Å². The lowest BCUT2D eigenvalue weighted by Gasteiger charge is -2.26. The molecule has 2 unspecified atom stereocenters. The van der Waals surface area contributed by atoms with Gasteiger partial charge in [0.1, 0.15) is 6.61 Å². The minimum Gasteiger partial charge on any atom is -0.370 e. The third-order valence-corrected chi connectivity index (χ3v) is 2.68. The Morgan fingerprint density at radius 2 is 2.40 bits per heavy atom. The third kappa shape index (κ3) is 3.00. The minimum absolute atomic E-state index is 0.257. The van der Waals surface area contributed by atoms with E-state index in [-0.39, 0.29) is 12.1 Å². The molecule has 0 amide bonds. The van der Waals surface area contributed by atoms with Gasteiger partial charge in [-0.25, -0.2) is 0 Å². The van der Waals surface area contributed by atoms with Crippen LogP contribution in [0.15, 0.2) is 4.52 Å². The van der Waals surface area contributed by atoms with Gasteiger partial charge in [0.05, 0.1) is 6.10 Å². The van der Waals surface area contributed by atoms with Crippen LogP contribution in [0, 0.1) is 6.92 Å². The second-order valence-electron chi connectivity index (χ2n) is 4.09. The number of hydrogen-bond acceptors (Lipinski definition) is 5.